The molecule has 0 spiro atoms. The molecule has 1 saturated heterocycles. The lowest BCUT2D eigenvalue weighted by Crippen LogP contribution is -2.61. The second-order valence-corrected chi connectivity index (χ2v) is 13.2. The van der Waals surface area contributed by atoms with Crippen LogP contribution in [-0.2, 0) is 38.3 Å². The predicted octanol–water partition coefficient (Wildman–Crippen LogP) is -1.74. The second-order valence-electron chi connectivity index (χ2n) is 13.2. The summed E-state index contributed by atoms with van der Waals surface area (Å²) in [7, 11) is 0. The zero-order chi connectivity index (χ0) is 38.7. The number of nitrogens with one attached hydrogen (secondary N) is 5. The van der Waals surface area contributed by atoms with E-state index >= 15 is 0 Å². The summed E-state index contributed by atoms with van der Waals surface area (Å²) in [5.74, 6) is -8.26. The third-order valence-electron chi connectivity index (χ3n) is 8.56. The Balaban J connectivity index is 3.39. The van der Waals surface area contributed by atoms with E-state index < -0.39 is 116 Å². The van der Waals surface area contributed by atoms with E-state index in [1.54, 1.807) is 0 Å². The summed E-state index contributed by atoms with van der Waals surface area (Å²) in [6, 6.07) is -8.55. The Morgan fingerprint density at radius 1 is 0.784 bits per heavy atom. The molecule has 1 rings (SSSR count). The minimum atomic E-state index is -1.81. The molecule has 1 heterocycles. The Kier molecular flexibility index (Phi) is 20.2. The maximum Gasteiger partial charge on any atom is 0.331 e. The average molecular weight is 732 g/mol. The first-order chi connectivity index (χ1) is 24.0. The highest BCUT2D eigenvalue weighted by atomic mass is 16.6. The largest absolute Gasteiger partial charge is 0.481 e. The van der Waals surface area contributed by atoms with Crippen molar-refractivity contribution in [3.8, 4) is 0 Å². The molecule has 0 aromatic heterocycles. The summed E-state index contributed by atoms with van der Waals surface area (Å²) in [4.78, 5) is 89.8. The van der Waals surface area contributed by atoms with Crippen molar-refractivity contribution in [2.45, 2.75) is 153 Å². The summed E-state index contributed by atoms with van der Waals surface area (Å²) < 4.78 is 5.54. The fourth-order valence-corrected chi connectivity index (χ4v) is 5.33. The number of carbonyl (C=O) groups is 7. The fraction of sp³-hybridized carbons (Fsp3) is 0.788. The van der Waals surface area contributed by atoms with E-state index in [0.29, 0.717) is 6.42 Å². The van der Waals surface area contributed by atoms with Gasteiger partial charge >= 0.3 is 11.9 Å². The molecule has 18 nitrogen and oxygen atoms in total. The number of cyclic esters (lactones) is 1. The van der Waals surface area contributed by atoms with E-state index in [1.807, 2.05) is 0 Å². The Bertz CT molecular complexity index is 1180. The normalized spacial score (nSPS) is 26.4. The van der Waals surface area contributed by atoms with Crippen LogP contribution >= 0.6 is 0 Å². The maximum absolute atomic E-state index is 13.4. The standard InChI is InChI=1S/C33H57N5O13/c1-5-6-7-8-9-10-11-12-13-14-33(4,50)24-16-25(42)34-19(2)28(45)35-21(15-26(43)44)29(46)36-22(17-39)30(47)37-23(18-40)31(48)38-27(20(3)41)32(49)51-24/h19-24,27,39-41,50H,5-18H2,1-4H3,(H,34,42)(H,35,45)(H,36,46)(H,37,47)(H,38,48)(H,43,44)/t19-,20+,21?,22-,23-,24?,27?,33?/m1/s1. The average Bonchev–Trinajstić information content (AvgIpc) is 3.05. The van der Waals surface area contributed by atoms with Gasteiger partial charge in [0.1, 0.15) is 30.3 Å². The molecular formula is C33H57N5O13. The van der Waals surface area contributed by atoms with Crippen molar-refractivity contribution in [3.63, 3.8) is 0 Å². The summed E-state index contributed by atoms with van der Waals surface area (Å²) in [5.41, 5.74) is -1.81. The first-order valence-corrected chi connectivity index (χ1v) is 17.5. The molecule has 0 radical (unpaired) electrons. The lowest BCUT2D eigenvalue weighted by molar-refractivity contribution is -0.172. The molecule has 0 bridgehead atoms. The Hall–Kier alpha value is -3.87. The third kappa shape index (κ3) is 16.3. The van der Waals surface area contributed by atoms with Crippen LogP contribution in [0.4, 0.5) is 0 Å². The van der Waals surface area contributed by atoms with Crippen LogP contribution in [0.2, 0.25) is 0 Å². The Labute approximate surface area is 297 Å². The number of aliphatic carboxylic acids is 1. The number of carboxylic acid groups (broad SMARTS) is 1. The smallest absolute Gasteiger partial charge is 0.331 e. The van der Waals surface area contributed by atoms with Crippen LogP contribution in [0, 0.1) is 0 Å². The van der Waals surface area contributed by atoms with Crippen molar-refractivity contribution >= 4 is 41.5 Å². The monoisotopic (exact) mass is 731 g/mol. The molecule has 1 aliphatic rings. The molecule has 292 valence electrons. The van der Waals surface area contributed by atoms with E-state index in [4.69, 9.17) is 4.74 Å². The Morgan fingerprint density at radius 3 is 1.75 bits per heavy atom. The van der Waals surface area contributed by atoms with Crippen LogP contribution in [0.25, 0.3) is 0 Å². The zero-order valence-electron chi connectivity index (χ0n) is 29.9. The van der Waals surface area contributed by atoms with Crippen LogP contribution in [-0.4, -0.2) is 128 Å². The van der Waals surface area contributed by atoms with Gasteiger partial charge in [-0.2, -0.15) is 0 Å². The van der Waals surface area contributed by atoms with Gasteiger partial charge in [0, 0.05) is 0 Å². The van der Waals surface area contributed by atoms with Gasteiger partial charge in [-0.15, -0.1) is 0 Å². The van der Waals surface area contributed by atoms with E-state index in [0.717, 1.165) is 45.4 Å². The van der Waals surface area contributed by atoms with Crippen molar-refractivity contribution in [2.75, 3.05) is 13.2 Å². The van der Waals surface area contributed by atoms with Gasteiger partial charge in [-0.1, -0.05) is 64.7 Å². The summed E-state index contributed by atoms with van der Waals surface area (Å²) in [5, 5.41) is 61.6. The SMILES string of the molecule is CCCCCCCCCCCC(C)(O)C1CC(=O)N[C@H](C)C(=O)NC(CC(=O)O)C(=O)N[C@H](CO)C(=O)N[C@H](CO)C(=O)NC([C@H](C)O)C(=O)O1. The first-order valence-electron chi connectivity index (χ1n) is 17.5. The number of aliphatic hydroxyl groups excluding tert-OH is 3. The van der Waals surface area contributed by atoms with Crippen LogP contribution in [0.1, 0.15) is 105 Å². The molecule has 0 saturated carbocycles. The highest BCUT2D eigenvalue weighted by Gasteiger charge is 2.40. The molecule has 1 aliphatic heterocycles. The minimum absolute atomic E-state index is 0.0897. The molecule has 5 amide bonds. The van der Waals surface area contributed by atoms with Gasteiger partial charge in [0.05, 0.1) is 37.8 Å². The van der Waals surface area contributed by atoms with Gasteiger partial charge in [-0.05, 0) is 27.2 Å². The zero-order valence-corrected chi connectivity index (χ0v) is 29.9. The number of amides is 5. The fourth-order valence-electron chi connectivity index (χ4n) is 5.33. The Morgan fingerprint density at radius 2 is 1.25 bits per heavy atom. The van der Waals surface area contributed by atoms with Gasteiger partial charge in [-0.3, -0.25) is 28.8 Å². The predicted molar refractivity (Wildman–Crippen MR) is 180 cm³/mol. The molecular weight excluding hydrogens is 674 g/mol. The van der Waals surface area contributed by atoms with Crippen molar-refractivity contribution in [3.05, 3.63) is 0 Å². The number of esters is 1. The molecule has 4 unspecified atom stereocenters. The molecule has 18 heteroatoms. The third-order valence-corrected chi connectivity index (χ3v) is 8.56. The number of hydrogen-bond acceptors (Lipinski definition) is 12. The number of aliphatic hydroxyl groups is 4. The van der Waals surface area contributed by atoms with Gasteiger partial charge in [0.15, 0.2) is 6.04 Å². The molecule has 51 heavy (non-hydrogen) atoms. The van der Waals surface area contributed by atoms with Crippen molar-refractivity contribution in [1.82, 2.24) is 26.6 Å². The lowest BCUT2D eigenvalue weighted by Gasteiger charge is -2.34. The number of ether oxygens (including phenoxy) is 1. The van der Waals surface area contributed by atoms with Crippen molar-refractivity contribution in [1.29, 1.82) is 0 Å². The van der Waals surface area contributed by atoms with E-state index in [2.05, 4.69) is 33.5 Å². The van der Waals surface area contributed by atoms with Crippen LogP contribution in [0.15, 0.2) is 0 Å². The quantitative estimate of drug-likeness (QED) is 0.0624. The van der Waals surface area contributed by atoms with Gasteiger partial charge in [0.25, 0.3) is 0 Å². The number of unbranched alkanes of at least 4 members (excludes halogenated alkanes) is 8. The van der Waals surface area contributed by atoms with Gasteiger partial charge in [0.2, 0.25) is 29.5 Å². The summed E-state index contributed by atoms with van der Waals surface area (Å²) in [6.07, 6.45) is 4.17. The number of hydrogen-bond donors (Lipinski definition) is 10. The highest BCUT2D eigenvalue weighted by Crippen LogP contribution is 2.25. The molecule has 8 atom stereocenters. The molecule has 10 N–H and O–H groups in total. The number of carbonyl (C=O) groups excluding carboxylic acids is 6. The summed E-state index contributed by atoms with van der Waals surface area (Å²) in [6.45, 7) is 3.77. The number of rotatable bonds is 16. The maximum atomic E-state index is 13.4. The lowest BCUT2D eigenvalue weighted by atomic mass is 9.89. The van der Waals surface area contributed by atoms with Crippen molar-refractivity contribution in [2.24, 2.45) is 0 Å². The molecule has 0 aromatic rings. The van der Waals surface area contributed by atoms with E-state index in [1.165, 1.54) is 26.7 Å². The number of carboxylic acids is 1. The van der Waals surface area contributed by atoms with Gasteiger partial charge < -0.3 is 56.9 Å². The summed E-state index contributed by atoms with van der Waals surface area (Å²) >= 11 is 0. The molecule has 0 aromatic carbocycles. The van der Waals surface area contributed by atoms with Crippen LogP contribution < -0.4 is 26.6 Å². The van der Waals surface area contributed by atoms with E-state index in [-0.39, 0.29) is 6.42 Å². The van der Waals surface area contributed by atoms with Gasteiger partial charge in [-0.25, -0.2) is 4.79 Å². The topological polar surface area (TPSA) is 290 Å². The molecule has 0 aliphatic carbocycles. The van der Waals surface area contributed by atoms with Crippen LogP contribution in [0.5, 0.6) is 0 Å². The highest BCUT2D eigenvalue weighted by molar-refractivity contribution is 5.97. The van der Waals surface area contributed by atoms with Crippen molar-refractivity contribution < 1.29 is 63.8 Å². The second kappa shape index (κ2) is 22.8. The first kappa shape index (κ1) is 45.2. The van der Waals surface area contributed by atoms with Crippen LogP contribution in [0.3, 0.4) is 0 Å². The van der Waals surface area contributed by atoms with E-state index in [9.17, 15) is 59.1 Å². The minimum Gasteiger partial charge on any atom is -0.481 e. The molecule has 1 fully saturated rings.